The molecule has 1 heterocycles. The van der Waals surface area contributed by atoms with Crippen LogP contribution in [0.1, 0.15) is 39.2 Å². The zero-order valence-corrected chi connectivity index (χ0v) is 13.8. The fraction of sp³-hybridized carbons (Fsp3) is 0.588. The topological polar surface area (TPSA) is 41.6 Å². The smallest absolute Gasteiger partial charge is 0.410 e. The lowest BCUT2D eigenvalue weighted by molar-refractivity contribution is 0.0206. The molecule has 0 bridgehead atoms. The minimum atomic E-state index is -0.489. The zero-order valence-electron chi connectivity index (χ0n) is 13.8. The molecular weight excluding hydrogens is 283 g/mol. The summed E-state index contributed by atoms with van der Waals surface area (Å²) in [6, 6.07) is 4.82. The molecule has 1 unspecified atom stereocenters. The molecule has 1 N–H and O–H groups in total. The molecule has 1 atom stereocenters. The standard InChI is InChI=1S/C17H25FN2O2/c1-12-7-8-13(18)10-15(12)19-14-6-5-9-20(11-14)16(21)22-17(2,3)4/h7-8,10,14,19H,5-6,9,11H2,1-4H3. The minimum absolute atomic E-state index is 0.113. The molecule has 1 aliphatic heterocycles. The molecule has 1 aliphatic rings. The Balaban J connectivity index is 1.98. The molecule has 0 aromatic heterocycles. The van der Waals surface area contributed by atoms with Crippen molar-refractivity contribution in [2.45, 2.75) is 52.2 Å². The third kappa shape index (κ3) is 4.61. The Morgan fingerprint density at radius 3 is 2.82 bits per heavy atom. The van der Waals surface area contributed by atoms with Crippen LogP contribution in [0.5, 0.6) is 0 Å². The van der Waals surface area contributed by atoms with Crippen LogP contribution in [-0.2, 0) is 4.74 Å². The van der Waals surface area contributed by atoms with Crippen molar-refractivity contribution in [3.63, 3.8) is 0 Å². The van der Waals surface area contributed by atoms with Crippen molar-refractivity contribution in [2.75, 3.05) is 18.4 Å². The number of halogens is 1. The second-order valence-electron chi connectivity index (χ2n) is 6.87. The number of carbonyl (C=O) groups is 1. The molecule has 2 rings (SSSR count). The Morgan fingerprint density at radius 2 is 2.14 bits per heavy atom. The highest BCUT2D eigenvalue weighted by molar-refractivity contribution is 5.68. The van der Waals surface area contributed by atoms with E-state index in [1.165, 1.54) is 12.1 Å². The summed E-state index contributed by atoms with van der Waals surface area (Å²) in [4.78, 5) is 13.9. The maximum absolute atomic E-state index is 13.4. The number of nitrogens with one attached hydrogen (secondary N) is 1. The van der Waals surface area contributed by atoms with Gasteiger partial charge in [-0.15, -0.1) is 0 Å². The first kappa shape index (κ1) is 16.6. The fourth-order valence-electron chi connectivity index (χ4n) is 2.56. The van der Waals surface area contributed by atoms with E-state index >= 15 is 0 Å². The SMILES string of the molecule is Cc1ccc(F)cc1NC1CCCN(C(=O)OC(C)(C)C)C1. The molecular formula is C17H25FN2O2. The van der Waals surface area contributed by atoms with Gasteiger partial charge >= 0.3 is 6.09 Å². The van der Waals surface area contributed by atoms with Crippen molar-refractivity contribution in [1.29, 1.82) is 0 Å². The molecule has 0 aliphatic carbocycles. The van der Waals surface area contributed by atoms with Crippen LogP contribution in [0.4, 0.5) is 14.9 Å². The van der Waals surface area contributed by atoms with Gasteiger partial charge in [-0.25, -0.2) is 9.18 Å². The van der Waals surface area contributed by atoms with Crippen molar-refractivity contribution in [2.24, 2.45) is 0 Å². The molecule has 1 saturated heterocycles. The Morgan fingerprint density at radius 1 is 1.41 bits per heavy atom. The predicted molar refractivity (Wildman–Crippen MR) is 85.6 cm³/mol. The molecule has 0 radical (unpaired) electrons. The van der Waals surface area contributed by atoms with Gasteiger partial charge in [-0.05, 0) is 58.2 Å². The number of rotatable bonds is 2. The lowest BCUT2D eigenvalue weighted by Crippen LogP contribution is -2.47. The number of amides is 1. The normalized spacial score (nSPS) is 19.0. The molecule has 0 saturated carbocycles. The highest BCUT2D eigenvalue weighted by Gasteiger charge is 2.27. The highest BCUT2D eigenvalue weighted by atomic mass is 19.1. The van der Waals surface area contributed by atoms with Crippen LogP contribution in [0.3, 0.4) is 0 Å². The maximum atomic E-state index is 13.4. The van der Waals surface area contributed by atoms with Crippen LogP contribution >= 0.6 is 0 Å². The van der Waals surface area contributed by atoms with E-state index in [-0.39, 0.29) is 18.0 Å². The van der Waals surface area contributed by atoms with E-state index in [0.29, 0.717) is 13.1 Å². The van der Waals surface area contributed by atoms with Crippen LogP contribution < -0.4 is 5.32 Å². The number of hydrogen-bond donors (Lipinski definition) is 1. The van der Waals surface area contributed by atoms with E-state index in [1.807, 2.05) is 27.7 Å². The van der Waals surface area contributed by atoms with Crippen LogP contribution in [0, 0.1) is 12.7 Å². The van der Waals surface area contributed by atoms with Crippen LogP contribution in [-0.4, -0.2) is 35.7 Å². The van der Waals surface area contributed by atoms with Crippen LogP contribution in [0.25, 0.3) is 0 Å². The third-order valence-electron chi connectivity index (χ3n) is 3.63. The van der Waals surface area contributed by atoms with Gasteiger partial charge in [0.1, 0.15) is 11.4 Å². The summed E-state index contributed by atoms with van der Waals surface area (Å²) in [5, 5.41) is 3.35. The first-order valence-electron chi connectivity index (χ1n) is 7.75. The zero-order chi connectivity index (χ0) is 16.3. The van der Waals surface area contributed by atoms with Gasteiger partial charge in [0.2, 0.25) is 0 Å². The van der Waals surface area contributed by atoms with Gasteiger partial charge in [-0.3, -0.25) is 0 Å². The van der Waals surface area contributed by atoms with E-state index in [0.717, 1.165) is 24.1 Å². The summed E-state index contributed by atoms with van der Waals surface area (Å²) in [7, 11) is 0. The summed E-state index contributed by atoms with van der Waals surface area (Å²) in [6.45, 7) is 8.80. The summed E-state index contributed by atoms with van der Waals surface area (Å²) < 4.78 is 18.8. The molecule has 0 spiro atoms. The monoisotopic (exact) mass is 308 g/mol. The average Bonchev–Trinajstić information content (AvgIpc) is 2.41. The molecule has 1 aromatic rings. The number of nitrogens with zero attached hydrogens (tertiary/aromatic N) is 1. The number of hydrogen-bond acceptors (Lipinski definition) is 3. The van der Waals surface area contributed by atoms with Crippen molar-refractivity contribution in [3.8, 4) is 0 Å². The second kappa shape index (κ2) is 6.55. The summed E-state index contributed by atoms with van der Waals surface area (Å²) in [5.74, 6) is -0.257. The fourth-order valence-corrected chi connectivity index (χ4v) is 2.56. The minimum Gasteiger partial charge on any atom is -0.444 e. The van der Waals surface area contributed by atoms with Gasteiger partial charge in [-0.1, -0.05) is 6.07 Å². The molecule has 1 aromatic carbocycles. The summed E-state index contributed by atoms with van der Waals surface area (Å²) >= 11 is 0. The van der Waals surface area contributed by atoms with Crippen molar-refractivity contribution in [3.05, 3.63) is 29.6 Å². The van der Waals surface area contributed by atoms with Crippen molar-refractivity contribution >= 4 is 11.8 Å². The largest absolute Gasteiger partial charge is 0.444 e. The van der Waals surface area contributed by atoms with Gasteiger partial charge in [-0.2, -0.15) is 0 Å². The number of likely N-dealkylation sites (tertiary alicyclic amines) is 1. The Labute approximate surface area is 131 Å². The lowest BCUT2D eigenvalue weighted by atomic mass is 10.0. The van der Waals surface area contributed by atoms with Gasteiger partial charge in [0.25, 0.3) is 0 Å². The van der Waals surface area contributed by atoms with E-state index in [2.05, 4.69) is 5.32 Å². The lowest BCUT2D eigenvalue weighted by Gasteiger charge is -2.35. The van der Waals surface area contributed by atoms with E-state index in [1.54, 1.807) is 11.0 Å². The van der Waals surface area contributed by atoms with E-state index in [4.69, 9.17) is 4.74 Å². The van der Waals surface area contributed by atoms with Crippen molar-refractivity contribution < 1.29 is 13.9 Å². The maximum Gasteiger partial charge on any atom is 0.410 e. The van der Waals surface area contributed by atoms with Gasteiger partial charge in [0.15, 0.2) is 0 Å². The first-order valence-corrected chi connectivity index (χ1v) is 7.75. The number of ether oxygens (including phenoxy) is 1. The predicted octanol–water partition coefficient (Wildman–Crippen LogP) is 3.95. The Bertz CT molecular complexity index is 540. The number of piperidine rings is 1. The second-order valence-corrected chi connectivity index (χ2v) is 6.87. The molecule has 4 nitrogen and oxygen atoms in total. The van der Waals surface area contributed by atoms with E-state index < -0.39 is 5.60 Å². The van der Waals surface area contributed by atoms with Crippen molar-refractivity contribution in [1.82, 2.24) is 4.90 Å². The first-order chi connectivity index (χ1) is 10.2. The molecule has 122 valence electrons. The van der Waals surface area contributed by atoms with Gasteiger partial charge in [0.05, 0.1) is 0 Å². The Kier molecular flexibility index (Phi) is 4.94. The summed E-state index contributed by atoms with van der Waals surface area (Å²) in [6.07, 6.45) is 1.58. The molecule has 1 fully saturated rings. The van der Waals surface area contributed by atoms with Gasteiger partial charge < -0.3 is 15.0 Å². The molecule has 1 amide bonds. The third-order valence-corrected chi connectivity index (χ3v) is 3.63. The highest BCUT2D eigenvalue weighted by Crippen LogP contribution is 2.21. The molecule has 5 heteroatoms. The average molecular weight is 308 g/mol. The summed E-state index contributed by atoms with van der Waals surface area (Å²) in [5.41, 5.74) is 1.29. The van der Waals surface area contributed by atoms with Crippen LogP contribution in [0.2, 0.25) is 0 Å². The number of aryl methyl sites for hydroxylation is 1. The van der Waals surface area contributed by atoms with Crippen LogP contribution in [0.15, 0.2) is 18.2 Å². The Hall–Kier alpha value is -1.78. The number of anilines is 1. The van der Waals surface area contributed by atoms with E-state index in [9.17, 15) is 9.18 Å². The number of carbonyl (C=O) groups excluding carboxylic acids is 1. The van der Waals surface area contributed by atoms with Gasteiger partial charge in [0, 0.05) is 24.8 Å². The quantitative estimate of drug-likeness (QED) is 0.899. The number of benzene rings is 1. The molecule has 22 heavy (non-hydrogen) atoms.